The summed E-state index contributed by atoms with van der Waals surface area (Å²) in [6.45, 7) is 2.88. The smallest absolute Gasteiger partial charge is 0.257 e. The second kappa shape index (κ2) is 10.1. The number of benzene rings is 1. The van der Waals surface area contributed by atoms with Gasteiger partial charge in [-0.2, -0.15) is 5.26 Å². The first-order valence-electron chi connectivity index (χ1n) is 10.7. The molecule has 2 aliphatic rings. The molecule has 168 valence electrons. The first kappa shape index (κ1) is 23.0. The molecule has 0 aliphatic carbocycles. The molecule has 0 radical (unpaired) electrons. The van der Waals surface area contributed by atoms with Gasteiger partial charge in [-0.3, -0.25) is 9.59 Å². The van der Waals surface area contributed by atoms with Crippen LogP contribution in [0.15, 0.2) is 18.2 Å². The average molecular weight is 430 g/mol. The van der Waals surface area contributed by atoms with Gasteiger partial charge in [0.1, 0.15) is 11.9 Å². The van der Waals surface area contributed by atoms with Crippen molar-refractivity contribution in [2.75, 3.05) is 40.9 Å². The van der Waals surface area contributed by atoms with E-state index >= 15 is 0 Å². The van der Waals surface area contributed by atoms with Crippen molar-refractivity contribution in [3.8, 4) is 11.8 Å². The number of ether oxygens (including phenoxy) is 3. The van der Waals surface area contributed by atoms with Gasteiger partial charge in [-0.05, 0) is 31.0 Å². The van der Waals surface area contributed by atoms with Crippen LogP contribution in [0.3, 0.4) is 0 Å². The standard InChI is InChI=1S/C23H31N3O5/c1-15-13-25(2)23(28)18-11-16(12-24)5-7-19(18)30-10-9-17-6-8-20(29-4)21(31-17)14-26(3)22(15)27/h5,7,11,15,17,20-21H,6,8-10,13-14H2,1-4H3/t15-,17+,20+,21+/m1/s1. The minimum Gasteiger partial charge on any atom is -0.493 e. The van der Waals surface area contributed by atoms with Gasteiger partial charge in [-0.25, -0.2) is 0 Å². The highest BCUT2D eigenvalue weighted by Crippen LogP contribution is 2.27. The van der Waals surface area contributed by atoms with E-state index in [1.807, 2.05) is 6.92 Å². The Morgan fingerprint density at radius 3 is 2.61 bits per heavy atom. The van der Waals surface area contributed by atoms with E-state index in [2.05, 4.69) is 6.07 Å². The van der Waals surface area contributed by atoms with Crippen molar-refractivity contribution in [3.63, 3.8) is 0 Å². The van der Waals surface area contributed by atoms with Gasteiger partial charge in [0, 0.05) is 40.7 Å². The van der Waals surface area contributed by atoms with Crippen LogP contribution in [0.5, 0.6) is 5.75 Å². The molecule has 2 bridgehead atoms. The van der Waals surface area contributed by atoms with Gasteiger partial charge < -0.3 is 24.0 Å². The molecule has 1 aromatic rings. The summed E-state index contributed by atoms with van der Waals surface area (Å²) < 4.78 is 17.8. The third kappa shape index (κ3) is 5.35. The molecule has 1 aromatic carbocycles. The number of hydrogen-bond donors (Lipinski definition) is 0. The average Bonchev–Trinajstić information content (AvgIpc) is 2.77. The summed E-state index contributed by atoms with van der Waals surface area (Å²) in [5.74, 6) is -0.298. The normalized spacial score (nSPS) is 28.1. The van der Waals surface area contributed by atoms with Crippen molar-refractivity contribution in [3.05, 3.63) is 29.3 Å². The Hall–Kier alpha value is -2.63. The van der Waals surface area contributed by atoms with Gasteiger partial charge in [-0.1, -0.05) is 6.92 Å². The summed E-state index contributed by atoms with van der Waals surface area (Å²) in [4.78, 5) is 29.2. The number of nitriles is 1. The summed E-state index contributed by atoms with van der Waals surface area (Å²) in [7, 11) is 5.09. The number of hydrogen-bond acceptors (Lipinski definition) is 6. The molecule has 2 heterocycles. The maximum absolute atomic E-state index is 13.1. The zero-order valence-electron chi connectivity index (χ0n) is 18.7. The van der Waals surface area contributed by atoms with Crippen LogP contribution in [0.4, 0.5) is 0 Å². The fourth-order valence-corrected chi connectivity index (χ4v) is 4.29. The van der Waals surface area contributed by atoms with Gasteiger partial charge in [0.2, 0.25) is 5.91 Å². The van der Waals surface area contributed by atoms with Crippen LogP contribution in [0, 0.1) is 17.2 Å². The highest BCUT2D eigenvalue weighted by Gasteiger charge is 2.34. The monoisotopic (exact) mass is 429 g/mol. The van der Waals surface area contributed by atoms with Crippen LogP contribution in [-0.4, -0.2) is 80.8 Å². The van der Waals surface area contributed by atoms with Crippen molar-refractivity contribution in [1.82, 2.24) is 9.80 Å². The third-order valence-electron chi connectivity index (χ3n) is 6.04. The fraction of sp³-hybridized carbons (Fsp3) is 0.609. The van der Waals surface area contributed by atoms with Crippen LogP contribution in [-0.2, 0) is 14.3 Å². The summed E-state index contributed by atoms with van der Waals surface area (Å²) >= 11 is 0. The lowest BCUT2D eigenvalue weighted by atomic mass is 9.98. The molecule has 8 heteroatoms. The van der Waals surface area contributed by atoms with Crippen LogP contribution in [0.1, 0.15) is 42.1 Å². The molecule has 31 heavy (non-hydrogen) atoms. The third-order valence-corrected chi connectivity index (χ3v) is 6.04. The summed E-state index contributed by atoms with van der Waals surface area (Å²) in [6.07, 6.45) is 2.07. The van der Waals surface area contributed by atoms with Gasteiger partial charge in [0.25, 0.3) is 5.91 Å². The molecule has 0 N–H and O–H groups in total. The number of carbonyl (C=O) groups excluding carboxylic acids is 2. The molecule has 1 saturated heterocycles. The van der Waals surface area contributed by atoms with Gasteiger partial charge in [0.15, 0.2) is 0 Å². The molecule has 3 rings (SSSR count). The molecule has 8 nitrogen and oxygen atoms in total. The predicted octanol–water partition coefficient (Wildman–Crippen LogP) is 2.07. The number of likely N-dealkylation sites (N-methyl/N-ethyl adjacent to an activating group) is 1. The van der Waals surface area contributed by atoms with E-state index < -0.39 is 5.92 Å². The number of carbonyl (C=O) groups is 2. The second-order valence-electron chi connectivity index (χ2n) is 8.41. The van der Waals surface area contributed by atoms with Crippen molar-refractivity contribution in [2.24, 2.45) is 5.92 Å². The van der Waals surface area contributed by atoms with Crippen molar-refractivity contribution in [1.29, 1.82) is 5.26 Å². The Bertz CT molecular complexity index is 852. The van der Waals surface area contributed by atoms with E-state index in [4.69, 9.17) is 14.2 Å². The number of amides is 2. The zero-order chi connectivity index (χ0) is 22.5. The molecule has 1 fully saturated rings. The Balaban J connectivity index is 1.90. The molecule has 0 saturated carbocycles. The van der Waals surface area contributed by atoms with Crippen LogP contribution < -0.4 is 4.74 Å². The summed E-state index contributed by atoms with van der Waals surface area (Å²) in [5, 5.41) is 9.25. The lowest BCUT2D eigenvalue weighted by molar-refractivity contribution is -0.152. The minimum atomic E-state index is -0.395. The fourth-order valence-electron chi connectivity index (χ4n) is 4.29. The number of methoxy groups -OCH3 is 1. The van der Waals surface area contributed by atoms with Crippen molar-refractivity contribution < 1.29 is 23.8 Å². The predicted molar refractivity (Wildman–Crippen MR) is 114 cm³/mol. The lowest BCUT2D eigenvalue weighted by Gasteiger charge is -2.38. The molecule has 0 spiro atoms. The van der Waals surface area contributed by atoms with Gasteiger partial charge in [0.05, 0.1) is 41.9 Å². The Labute approximate surface area is 183 Å². The minimum absolute atomic E-state index is 0.0114. The van der Waals surface area contributed by atoms with Crippen LogP contribution in [0.25, 0.3) is 0 Å². The molecular formula is C23H31N3O5. The van der Waals surface area contributed by atoms with Crippen LogP contribution >= 0.6 is 0 Å². The quantitative estimate of drug-likeness (QED) is 0.679. The largest absolute Gasteiger partial charge is 0.493 e. The zero-order valence-corrected chi connectivity index (χ0v) is 18.7. The van der Waals surface area contributed by atoms with E-state index in [1.54, 1.807) is 44.3 Å². The molecule has 0 unspecified atom stereocenters. The Morgan fingerprint density at radius 2 is 1.90 bits per heavy atom. The topological polar surface area (TPSA) is 92.1 Å². The highest BCUT2D eigenvalue weighted by molar-refractivity contribution is 5.97. The lowest BCUT2D eigenvalue weighted by Crippen LogP contribution is -2.49. The van der Waals surface area contributed by atoms with E-state index in [9.17, 15) is 14.9 Å². The van der Waals surface area contributed by atoms with Gasteiger partial charge in [-0.15, -0.1) is 0 Å². The van der Waals surface area contributed by atoms with Crippen molar-refractivity contribution in [2.45, 2.75) is 44.5 Å². The van der Waals surface area contributed by atoms with E-state index in [1.165, 1.54) is 4.90 Å². The molecule has 2 amide bonds. The van der Waals surface area contributed by atoms with Crippen LogP contribution in [0.2, 0.25) is 0 Å². The number of rotatable bonds is 1. The molecule has 0 aromatic heterocycles. The maximum atomic E-state index is 13.1. The highest BCUT2D eigenvalue weighted by atomic mass is 16.5. The summed E-state index contributed by atoms with van der Waals surface area (Å²) in [6, 6.07) is 6.90. The Morgan fingerprint density at radius 1 is 1.13 bits per heavy atom. The van der Waals surface area contributed by atoms with Crippen molar-refractivity contribution >= 4 is 11.8 Å². The Kier molecular flexibility index (Phi) is 7.52. The molecule has 4 atom stereocenters. The summed E-state index contributed by atoms with van der Waals surface area (Å²) in [5.41, 5.74) is 0.709. The van der Waals surface area contributed by atoms with E-state index in [0.717, 1.165) is 12.8 Å². The second-order valence-corrected chi connectivity index (χ2v) is 8.41. The molecular weight excluding hydrogens is 398 g/mol. The van der Waals surface area contributed by atoms with E-state index in [-0.39, 0.29) is 36.7 Å². The maximum Gasteiger partial charge on any atom is 0.257 e. The first-order valence-corrected chi connectivity index (χ1v) is 10.7. The number of nitrogens with zero attached hydrogens (tertiary/aromatic N) is 3. The first-order chi connectivity index (χ1) is 14.8. The SMILES string of the molecule is CO[C@H]1CC[C@H]2CCOc3ccc(C#N)cc3C(=O)N(C)C[C@@H](C)C(=O)N(C)C[C@@H]1O2. The molecule has 2 aliphatic heterocycles. The van der Waals surface area contributed by atoms with Gasteiger partial charge >= 0.3 is 0 Å². The number of fused-ring (bicyclic) bond motifs is 3. The van der Waals surface area contributed by atoms with E-state index in [0.29, 0.717) is 36.4 Å².